The van der Waals surface area contributed by atoms with Crippen LogP contribution in [0, 0.1) is 0 Å². The highest BCUT2D eigenvalue weighted by molar-refractivity contribution is 5.76. The van der Waals surface area contributed by atoms with Gasteiger partial charge in [0.1, 0.15) is 0 Å². The third kappa shape index (κ3) is 44.0. The van der Waals surface area contributed by atoms with E-state index in [1.54, 1.807) is 0 Å². The van der Waals surface area contributed by atoms with Crippen molar-refractivity contribution in [2.75, 3.05) is 13.2 Å². The van der Waals surface area contributed by atoms with Crippen LogP contribution in [0.5, 0.6) is 0 Å². The normalized spacial score (nSPS) is 12.7. The van der Waals surface area contributed by atoms with E-state index in [1.165, 1.54) is 199 Å². The molecule has 6 heteroatoms. The van der Waals surface area contributed by atoms with E-state index in [9.17, 15) is 19.8 Å². The van der Waals surface area contributed by atoms with E-state index in [4.69, 9.17) is 4.74 Å². The van der Waals surface area contributed by atoms with E-state index in [0.29, 0.717) is 25.9 Å². The summed E-state index contributed by atoms with van der Waals surface area (Å²) >= 11 is 0. The molecule has 1 amide bonds. The van der Waals surface area contributed by atoms with Gasteiger partial charge in [0.05, 0.1) is 25.4 Å². The van der Waals surface area contributed by atoms with Crippen molar-refractivity contribution >= 4 is 11.9 Å². The standard InChI is InChI=1S/C51H99NO5/c1-3-5-7-9-11-13-15-23-27-31-35-39-43-49(54)48(47-53)52-50(55)44-40-36-32-28-24-21-19-17-18-20-22-26-30-34-38-42-46-57-51(56)45-41-37-33-29-25-16-14-12-10-8-6-4-2/h12,14,48-49,53-54H,3-11,13,15-47H2,1-2H3,(H,52,55)/b14-12-. The minimum Gasteiger partial charge on any atom is -0.466 e. The van der Waals surface area contributed by atoms with Crippen molar-refractivity contribution in [1.82, 2.24) is 5.32 Å². The lowest BCUT2D eigenvalue weighted by Crippen LogP contribution is -2.45. The van der Waals surface area contributed by atoms with Gasteiger partial charge in [0.15, 0.2) is 0 Å². The van der Waals surface area contributed by atoms with Crippen molar-refractivity contribution in [2.45, 2.75) is 289 Å². The second kappa shape index (κ2) is 47.3. The summed E-state index contributed by atoms with van der Waals surface area (Å²) < 4.78 is 5.45. The van der Waals surface area contributed by atoms with Crippen LogP contribution in [-0.2, 0) is 14.3 Å². The van der Waals surface area contributed by atoms with Crippen LogP contribution in [0.2, 0.25) is 0 Å². The zero-order chi connectivity index (χ0) is 41.5. The average molecular weight is 806 g/mol. The Balaban J connectivity index is 3.42. The lowest BCUT2D eigenvalue weighted by molar-refractivity contribution is -0.143. The van der Waals surface area contributed by atoms with Crippen molar-refractivity contribution in [3.8, 4) is 0 Å². The molecular weight excluding hydrogens is 707 g/mol. The maximum Gasteiger partial charge on any atom is 0.305 e. The van der Waals surface area contributed by atoms with Gasteiger partial charge >= 0.3 is 5.97 Å². The molecular formula is C51H99NO5. The van der Waals surface area contributed by atoms with Gasteiger partial charge in [-0.15, -0.1) is 0 Å². The van der Waals surface area contributed by atoms with E-state index in [1.807, 2.05) is 0 Å². The molecule has 0 aliphatic carbocycles. The van der Waals surface area contributed by atoms with Gasteiger partial charge in [-0.3, -0.25) is 9.59 Å². The summed E-state index contributed by atoms with van der Waals surface area (Å²) in [4.78, 5) is 24.4. The van der Waals surface area contributed by atoms with Gasteiger partial charge in [-0.25, -0.2) is 0 Å². The van der Waals surface area contributed by atoms with Crippen molar-refractivity contribution in [1.29, 1.82) is 0 Å². The highest BCUT2D eigenvalue weighted by Crippen LogP contribution is 2.16. The molecule has 0 aromatic carbocycles. The zero-order valence-corrected chi connectivity index (χ0v) is 38.3. The summed E-state index contributed by atoms with van der Waals surface area (Å²) in [5.74, 6) is -0.0491. The summed E-state index contributed by atoms with van der Waals surface area (Å²) in [6.45, 7) is 4.91. The summed E-state index contributed by atoms with van der Waals surface area (Å²) in [6, 6.07) is -0.544. The van der Waals surface area contributed by atoms with Crippen molar-refractivity contribution in [3.63, 3.8) is 0 Å². The van der Waals surface area contributed by atoms with E-state index in [-0.39, 0.29) is 18.5 Å². The molecule has 0 saturated heterocycles. The number of unbranched alkanes of at least 4 members (excludes halogenated alkanes) is 34. The van der Waals surface area contributed by atoms with E-state index < -0.39 is 12.1 Å². The van der Waals surface area contributed by atoms with Gasteiger partial charge in [0, 0.05) is 12.8 Å². The molecule has 0 heterocycles. The number of amides is 1. The van der Waals surface area contributed by atoms with Gasteiger partial charge in [-0.1, -0.05) is 225 Å². The van der Waals surface area contributed by atoms with Gasteiger partial charge < -0.3 is 20.3 Å². The second-order valence-corrected chi connectivity index (χ2v) is 17.5. The van der Waals surface area contributed by atoms with Crippen molar-refractivity contribution < 1.29 is 24.5 Å². The first kappa shape index (κ1) is 55.6. The maximum absolute atomic E-state index is 12.4. The molecule has 3 N–H and O–H groups in total. The molecule has 0 aromatic heterocycles. The Morgan fingerprint density at radius 3 is 1.28 bits per heavy atom. The molecule has 0 fully saturated rings. The molecule has 0 saturated carbocycles. The summed E-state index contributed by atoms with van der Waals surface area (Å²) in [5, 5.41) is 23.2. The molecule has 6 nitrogen and oxygen atoms in total. The first-order chi connectivity index (χ1) is 28.0. The SMILES string of the molecule is CCCCC/C=C\CCCCCCCC(=O)OCCCCCCCCCCCCCCCCCCC(=O)NC(CO)C(O)CCCCCCCCCCCCCC. The Morgan fingerprint density at radius 1 is 0.474 bits per heavy atom. The molecule has 0 aliphatic heterocycles. The lowest BCUT2D eigenvalue weighted by atomic mass is 10.0. The van der Waals surface area contributed by atoms with Crippen LogP contribution in [0.1, 0.15) is 277 Å². The summed E-state index contributed by atoms with van der Waals surface area (Å²) in [7, 11) is 0. The Hall–Kier alpha value is -1.40. The molecule has 2 atom stereocenters. The van der Waals surface area contributed by atoms with E-state index in [2.05, 4.69) is 31.3 Å². The molecule has 338 valence electrons. The predicted octanol–water partition coefficient (Wildman–Crippen LogP) is 15.0. The minimum atomic E-state index is -0.667. The fourth-order valence-electron chi connectivity index (χ4n) is 7.87. The Kier molecular flexibility index (Phi) is 46.1. The van der Waals surface area contributed by atoms with Gasteiger partial charge in [-0.2, -0.15) is 0 Å². The Bertz CT molecular complexity index is 847. The number of ether oxygens (including phenoxy) is 1. The summed E-state index contributed by atoms with van der Waals surface area (Å²) in [5.41, 5.74) is 0. The van der Waals surface area contributed by atoms with Crippen LogP contribution in [0.3, 0.4) is 0 Å². The highest BCUT2D eigenvalue weighted by atomic mass is 16.5. The number of esters is 1. The molecule has 0 aliphatic rings. The number of carbonyl (C=O) groups excluding carboxylic acids is 2. The van der Waals surface area contributed by atoms with Gasteiger partial charge in [0.25, 0.3) is 0 Å². The Labute approximate surface area is 355 Å². The number of aliphatic hydroxyl groups is 2. The molecule has 0 rings (SSSR count). The third-order valence-corrected chi connectivity index (χ3v) is 11.8. The quantitative estimate of drug-likeness (QED) is 0.0323. The largest absolute Gasteiger partial charge is 0.466 e. The fourth-order valence-corrected chi connectivity index (χ4v) is 7.87. The van der Waals surface area contributed by atoms with E-state index in [0.717, 1.165) is 44.9 Å². The fraction of sp³-hybridized carbons (Fsp3) is 0.922. The highest BCUT2D eigenvalue weighted by Gasteiger charge is 2.20. The van der Waals surface area contributed by atoms with Crippen LogP contribution in [0.15, 0.2) is 12.2 Å². The van der Waals surface area contributed by atoms with Crippen molar-refractivity contribution in [2.24, 2.45) is 0 Å². The average Bonchev–Trinajstić information content (AvgIpc) is 3.21. The predicted molar refractivity (Wildman–Crippen MR) is 246 cm³/mol. The monoisotopic (exact) mass is 806 g/mol. The zero-order valence-electron chi connectivity index (χ0n) is 38.3. The number of hydrogen-bond acceptors (Lipinski definition) is 5. The van der Waals surface area contributed by atoms with Gasteiger partial charge in [-0.05, 0) is 51.4 Å². The molecule has 57 heavy (non-hydrogen) atoms. The topological polar surface area (TPSA) is 95.9 Å². The molecule has 0 aromatic rings. The number of carbonyl (C=O) groups is 2. The minimum absolute atomic E-state index is 0.00694. The van der Waals surface area contributed by atoms with E-state index >= 15 is 0 Å². The second-order valence-electron chi connectivity index (χ2n) is 17.5. The first-order valence-electron chi connectivity index (χ1n) is 25.4. The number of hydrogen-bond donors (Lipinski definition) is 3. The molecule has 0 bridgehead atoms. The van der Waals surface area contributed by atoms with Crippen LogP contribution in [0.25, 0.3) is 0 Å². The number of nitrogens with one attached hydrogen (secondary N) is 1. The van der Waals surface area contributed by atoms with Crippen LogP contribution in [-0.4, -0.2) is 47.4 Å². The van der Waals surface area contributed by atoms with Crippen LogP contribution >= 0.6 is 0 Å². The smallest absolute Gasteiger partial charge is 0.305 e. The first-order valence-corrected chi connectivity index (χ1v) is 25.4. The molecule has 0 radical (unpaired) electrons. The third-order valence-electron chi connectivity index (χ3n) is 11.8. The van der Waals surface area contributed by atoms with Gasteiger partial charge in [0.2, 0.25) is 5.91 Å². The summed E-state index contributed by atoms with van der Waals surface area (Å²) in [6.07, 6.45) is 53.2. The number of aliphatic hydroxyl groups excluding tert-OH is 2. The molecule has 2 unspecified atom stereocenters. The maximum atomic E-state index is 12.4. The van der Waals surface area contributed by atoms with Crippen LogP contribution in [0.4, 0.5) is 0 Å². The number of allylic oxidation sites excluding steroid dienone is 2. The Morgan fingerprint density at radius 2 is 0.825 bits per heavy atom. The number of rotatable bonds is 47. The van der Waals surface area contributed by atoms with Crippen molar-refractivity contribution in [3.05, 3.63) is 12.2 Å². The van der Waals surface area contributed by atoms with Crippen LogP contribution < -0.4 is 5.32 Å². The lowest BCUT2D eigenvalue weighted by Gasteiger charge is -2.22. The molecule has 0 spiro atoms.